The first kappa shape index (κ1) is 16.1. The van der Waals surface area contributed by atoms with E-state index in [0.717, 1.165) is 5.56 Å². The number of hydrogen-bond donors (Lipinski definition) is 1. The van der Waals surface area contributed by atoms with Gasteiger partial charge in [0.2, 0.25) is 0 Å². The van der Waals surface area contributed by atoms with Gasteiger partial charge >= 0.3 is 5.97 Å². The van der Waals surface area contributed by atoms with Crippen LogP contribution in [0.2, 0.25) is 0 Å². The molecule has 1 fully saturated rings. The van der Waals surface area contributed by atoms with E-state index in [4.69, 9.17) is 5.26 Å². The fourth-order valence-corrected chi connectivity index (χ4v) is 4.07. The Bertz CT molecular complexity index is 799. The van der Waals surface area contributed by atoms with Gasteiger partial charge in [-0.05, 0) is 29.8 Å². The van der Waals surface area contributed by atoms with Crippen LogP contribution in [0.1, 0.15) is 26.9 Å². The molecule has 2 atom stereocenters. The first-order chi connectivity index (χ1) is 11.6. The van der Waals surface area contributed by atoms with Crippen molar-refractivity contribution in [3.05, 3.63) is 71.3 Å². The van der Waals surface area contributed by atoms with Crippen LogP contribution in [-0.2, 0) is 4.79 Å². The van der Waals surface area contributed by atoms with Gasteiger partial charge in [-0.25, -0.2) is 4.79 Å². The number of benzene rings is 2. The van der Waals surface area contributed by atoms with E-state index in [9.17, 15) is 14.7 Å². The van der Waals surface area contributed by atoms with Gasteiger partial charge in [-0.3, -0.25) is 4.79 Å². The zero-order chi connectivity index (χ0) is 17.1. The lowest BCUT2D eigenvalue weighted by atomic mass is 10.1. The van der Waals surface area contributed by atoms with Crippen molar-refractivity contribution in [3.8, 4) is 6.07 Å². The molecule has 2 aromatic rings. The monoisotopic (exact) mass is 338 g/mol. The lowest BCUT2D eigenvalue weighted by molar-refractivity contribution is -0.141. The zero-order valence-corrected chi connectivity index (χ0v) is 13.4. The second-order valence-corrected chi connectivity index (χ2v) is 6.47. The topological polar surface area (TPSA) is 81.4 Å². The summed E-state index contributed by atoms with van der Waals surface area (Å²) in [4.78, 5) is 25.9. The van der Waals surface area contributed by atoms with Crippen molar-refractivity contribution in [2.75, 3.05) is 5.75 Å². The molecule has 1 N–H and O–H groups in total. The van der Waals surface area contributed by atoms with Crippen molar-refractivity contribution < 1.29 is 14.7 Å². The molecule has 2 aromatic carbocycles. The van der Waals surface area contributed by atoms with E-state index in [2.05, 4.69) is 6.07 Å². The Kier molecular flexibility index (Phi) is 4.54. The molecule has 1 amide bonds. The van der Waals surface area contributed by atoms with E-state index in [1.54, 1.807) is 48.5 Å². The Morgan fingerprint density at radius 3 is 2.38 bits per heavy atom. The van der Waals surface area contributed by atoms with Gasteiger partial charge in [0.25, 0.3) is 5.91 Å². The van der Waals surface area contributed by atoms with Crippen LogP contribution < -0.4 is 0 Å². The predicted molar refractivity (Wildman–Crippen MR) is 90.4 cm³/mol. The van der Waals surface area contributed by atoms with Crippen molar-refractivity contribution in [1.82, 2.24) is 4.90 Å². The molecule has 1 aliphatic heterocycles. The molecule has 1 aliphatic rings. The van der Waals surface area contributed by atoms with Crippen molar-refractivity contribution in [1.29, 1.82) is 5.26 Å². The van der Waals surface area contributed by atoms with Crippen LogP contribution in [0.4, 0.5) is 0 Å². The number of hydrogen-bond acceptors (Lipinski definition) is 4. The normalized spacial score (nSPS) is 19.7. The van der Waals surface area contributed by atoms with Gasteiger partial charge in [-0.2, -0.15) is 5.26 Å². The summed E-state index contributed by atoms with van der Waals surface area (Å²) < 4.78 is 0. The van der Waals surface area contributed by atoms with Crippen LogP contribution in [0.3, 0.4) is 0 Å². The second-order valence-electron chi connectivity index (χ2n) is 5.35. The van der Waals surface area contributed by atoms with Gasteiger partial charge in [0.1, 0.15) is 11.4 Å². The molecule has 0 aliphatic carbocycles. The van der Waals surface area contributed by atoms with E-state index in [1.807, 2.05) is 6.07 Å². The summed E-state index contributed by atoms with van der Waals surface area (Å²) in [5.41, 5.74) is 1.80. The molecule has 120 valence electrons. The first-order valence-corrected chi connectivity index (χ1v) is 8.39. The summed E-state index contributed by atoms with van der Waals surface area (Å²) in [6, 6.07) is 16.7. The van der Waals surface area contributed by atoms with Crippen LogP contribution in [0, 0.1) is 11.3 Å². The second kappa shape index (κ2) is 6.77. The highest BCUT2D eigenvalue weighted by Gasteiger charge is 2.42. The van der Waals surface area contributed by atoms with Crippen molar-refractivity contribution in [2.24, 2.45) is 0 Å². The number of amides is 1. The maximum Gasteiger partial charge on any atom is 0.327 e. The lowest BCUT2D eigenvalue weighted by Crippen LogP contribution is -2.42. The number of carbonyl (C=O) groups is 2. The van der Waals surface area contributed by atoms with E-state index < -0.39 is 12.0 Å². The molecule has 1 saturated heterocycles. The summed E-state index contributed by atoms with van der Waals surface area (Å²) in [5.74, 6) is -0.983. The number of thioether (sulfide) groups is 1. The maximum absolute atomic E-state index is 12.9. The third kappa shape index (κ3) is 2.99. The number of nitriles is 1. The highest BCUT2D eigenvalue weighted by Crippen LogP contribution is 2.42. The van der Waals surface area contributed by atoms with Crippen LogP contribution >= 0.6 is 11.8 Å². The van der Waals surface area contributed by atoms with Gasteiger partial charge < -0.3 is 10.0 Å². The molecule has 1 unspecified atom stereocenters. The zero-order valence-electron chi connectivity index (χ0n) is 12.6. The quantitative estimate of drug-likeness (QED) is 0.930. The van der Waals surface area contributed by atoms with E-state index in [0.29, 0.717) is 16.9 Å². The largest absolute Gasteiger partial charge is 0.480 e. The van der Waals surface area contributed by atoms with Crippen molar-refractivity contribution >= 4 is 23.6 Å². The molecule has 1 heterocycles. The highest BCUT2D eigenvalue weighted by atomic mass is 32.2. The van der Waals surface area contributed by atoms with E-state index in [1.165, 1.54) is 16.7 Å². The molecule has 0 saturated carbocycles. The summed E-state index contributed by atoms with van der Waals surface area (Å²) in [7, 11) is 0. The number of rotatable bonds is 3. The predicted octanol–water partition coefficient (Wildman–Crippen LogP) is 2.90. The summed E-state index contributed by atoms with van der Waals surface area (Å²) in [6.07, 6.45) is 0. The third-order valence-corrected chi connectivity index (χ3v) is 5.19. The molecular formula is C18H14N2O3S. The fourth-order valence-electron chi connectivity index (χ4n) is 2.65. The molecule has 6 heteroatoms. The Morgan fingerprint density at radius 2 is 1.79 bits per heavy atom. The van der Waals surface area contributed by atoms with Crippen LogP contribution in [-0.4, -0.2) is 33.7 Å². The average molecular weight is 338 g/mol. The van der Waals surface area contributed by atoms with E-state index in [-0.39, 0.29) is 11.3 Å². The Morgan fingerprint density at radius 1 is 1.12 bits per heavy atom. The Hall–Kier alpha value is -2.78. The highest BCUT2D eigenvalue weighted by molar-refractivity contribution is 7.99. The molecule has 0 aromatic heterocycles. The number of carbonyl (C=O) groups excluding carboxylic acids is 1. The molecule has 3 rings (SSSR count). The van der Waals surface area contributed by atoms with Gasteiger partial charge in [-0.1, -0.05) is 30.3 Å². The van der Waals surface area contributed by atoms with E-state index >= 15 is 0 Å². The van der Waals surface area contributed by atoms with Gasteiger partial charge in [-0.15, -0.1) is 11.8 Å². The molecule has 5 nitrogen and oxygen atoms in total. The average Bonchev–Trinajstić information content (AvgIpc) is 3.07. The minimum Gasteiger partial charge on any atom is -0.480 e. The molecule has 0 bridgehead atoms. The minimum atomic E-state index is -1.01. The summed E-state index contributed by atoms with van der Waals surface area (Å²) in [5, 5.41) is 18.0. The van der Waals surface area contributed by atoms with Gasteiger partial charge in [0.15, 0.2) is 0 Å². The summed E-state index contributed by atoms with van der Waals surface area (Å²) >= 11 is 1.42. The van der Waals surface area contributed by atoms with Crippen molar-refractivity contribution in [3.63, 3.8) is 0 Å². The third-order valence-electron chi connectivity index (χ3n) is 3.87. The summed E-state index contributed by atoms with van der Waals surface area (Å²) in [6.45, 7) is 0. The van der Waals surface area contributed by atoms with Gasteiger partial charge in [0.05, 0.1) is 11.6 Å². The number of carboxylic acid groups (broad SMARTS) is 1. The molecule has 0 radical (unpaired) electrons. The van der Waals surface area contributed by atoms with Crippen LogP contribution in [0.5, 0.6) is 0 Å². The Balaban J connectivity index is 1.97. The minimum absolute atomic E-state index is 0.303. The van der Waals surface area contributed by atoms with Crippen LogP contribution in [0.25, 0.3) is 0 Å². The van der Waals surface area contributed by atoms with Gasteiger partial charge in [0, 0.05) is 11.3 Å². The SMILES string of the molecule is N#Cc1ccc(C2SC[C@@H](C(=O)O)N2C(=O)c2ccccc2)cc1. The van der Waals surface area contributed by atoms with Crippen LogP contribution in [0.15, 0.2) is 54.6 Å². The Labute approximate surface area is 143 Å². The number of nitrogens with zero attached hydrogens (tertiary/aromatic N) is 2. The standard InChI is InChI=1S/C18H14N2O3S/c19-10-12-6-8-14(9-7-12)17-20(15(11-24-17)18(22)23)16(21)13-4-2-1-3-5-13/h1-9,15,17H,11H2,(H,22,23)/t15-,17?/m0/s1. The molecule has 0 spiro atoms. The lowest BCUT2D eigenvalue weighted by Gasteiger charge is -2.27. The number of carboxylic acids is 1. The fraction of sp³-hybridized carbons (Fsp3) is 0.167. The first-order valence-electron chi connectivity index (χ1n) is 7.34. The smallest absolute Gasteiger partial charge is 0.327 e. The molecular weight excluding hydrogens is 324 g/mol. The van der Waals surface area contributed by atoms with Crippen molar-refractivity contribution in [2.45, 2.75) is 11.4 Å². The number of aliphatic carboxylic acids is 1. The molecule has 24 heavy (non-hydrogen) atoms. The maximum atomic E-state index is 12.9.